The van der Waals surface area contributed by atoms with Gasteiger partial charge in [0.2, 0.25) is 0 Å². The second-order valence-electron chi connectivity index (χ2n) is 5.00. The third-order valence-electron chi connectivity index (χ3n) is 3.14. The molecule has 0 saturated heterocycles. The molecule has 0 fully saturated rings. The minimum absolute atomic E-state index is 0.116. The normalized spacial score (nSPS) is 10.2. The highest BCUT2D eigenvalue weighted by Gasteiger charge is 2.17. The second kappa shape index (κ2) is 7.85. The van der Waals surface area contributed by atoms with Gasteiger partial charge in [-0.3, -0.25) is 9.59 Å². The van der Waals surface area contributed by atoms with Crippen molar-refractivity contribution < 1.29 is 27.9 Å². The standard InChI is InChI=1S/C17H12ClF2NO4/c1-9(22)10-2-4-11(5-3-10)21-16(23)8-25-17(24)12-6-14(19)15(20)7-13(12)18/h2-7H,8H2,1H3,(H,21,23). The summed E-state index contributed by atoms with van der Waals surface area (Å²) in [7, 11) is 0. The van der Waals surface area contributed by atoms with Crippen molar-refractivity contribution in [3.05, 3.63) is 64.2 Å². The largest absolute Gasteiger partial charge is 0.452 e. The number of rotatable bonds is 5. The second-order valence-corrected chi connectivity index (χ2v) is 5.41. The van der Waals surface area contributed by atoms with E-state index in [1.165, 1.54) is 31.2 Å². The van der Waals surface area contributed by atoms with Crippen molar-refractivity contribution in [2.45, 2.75) is 6.92 Å². The van der Waals surface area contributed by atoms with E-state index in [1.807, 2.05) is 0 Å². The van der Waals surface area contributed by atoms with Crippen LogP contribution in [0.2, 0.25) is 5.02 Å². The summed E-state index contributed by atoms with van der Waals surface area (Å²) in [5.74, 6) is -4.29. The molecule has 1 amide bonds. The van der Waals surface area contributed by atoms with E-state index in [0.717, 1.165) is 0 Å². The summed E-state index contributed by atoms with van der Waals surface area (Å²) in [6.07, 6.45) is 0. The molecule has 8 heteroatoms. The Kier molecular flexibility index (Phi) is 5.82. The molecule has 2 rings (SSSR count). The van der Waals surface area contributed by atoms with Gasteiger partial charge in [0.15, 0.2) is 24.0 Å². The maximum Gasteiger partial charge on any atom is 0.340 e. The molecule has 0 bridgehead atoms. The smallest absolute Gasteiger partial charge is 0.340 e. The van der Waals surface area contributed by atoms with Gasteiger partial charge in [0.1, 0.15) is 0 Å². The van der Waals surface area contributed by atoms with Crippen LogP contribution in [0.3, 0.4) is 0 Å². The van der Waals surface area contributed by atoms with E-state index < -0.39 is 30.1 Å². The first-order valence-corrected chi connectivity index (χ1v) is 7.38. The summed E-state index contributed by atoms with van der Waals surface area (Å²) in [6.45, 7) is 0.763. The molecule has 0 aliphatic carbocycles. The summed E-state index contributed by atoms with van der Waals surface area (Å²) < 4.78 is 30.8. The van der Waals surface area contributed by atoms with Crippen LogP contribution >= 0.6 is 11.6 Å². The highest BCUT2D eigenvalue weighted by molar-refractivity contribution is 6.33. The summed E-state index contributed by atoms with van der Waals surface area (Å²) in [6, 6.07) is 7.34. The Hall–Kier alpha value is -2.80. The molecule has 2 aromatic carbocycles. The number of benzene rings is 2. The fourth-order valence-corrected chi connectivity index (χ4v) is 2.10. The average molecular weight is 368 g/mol. The third kappa shape index (κ3) is 4.84. The number of nitrogens with one attached hydrogen (secondary N) is 1. The number of anilines is 1. The Morgan fingerprint density at radius 2 is 1.68 bits per heavy atom. The number of esters is 1. The van der Waals surface area contributed by atoms with E-state index in [2.05, 4.69) is 5.32 Å². The van der Waals surface area contributed by atoms with Crippen LogP contribution in [0.1, 0.15) is 27.6 Å². The van der Waals surface area contributed by atoms with Crippen LogP contribution in [0.25, 0.3) is 0 Å². The van der Waals surface area contributed by atoms with Crippen LogP contribution in [0.15, 0.2) is 36.4 Å². The predicted octanol–water partition coefficient (Wildman–Crippen LogP) is 3.62. The van der Waals surface area contributed by atoms with Crippen molar-refractivity contribution in [2.24, 2.45) is 0 Å². The Morgan fingerprint density at radius 3 is 2.28 bits per heavy atom. The number of hydrogen-bond donors (Lipinski definition) is 1. The van der Waals surface area contributed by atoms with Gasteiger partial charge < -0.3 is 10.1 Å². The van der Waals surface area contributed by atoms with Gasteiger partial charge in [0, 0.05) is 11.3 Å². The summed E-state index contributed by atoms with van der Waals surface area (Å²) >= 11 is 5.65. The number of ether oxygens (including phenoxy) is 1. The number of Topliss-reactive ketones (excluding diaryl/α,β-unsaturated/α-hetero) is 1. The van der Waals surface area contributed by atoms with Crippen molar-refractivity contribution in [3.8, 4) is 0 Å². The monoisotopic (exact) mass is 367 g/mol. The Morgan fingerprint density at radius 1 is 1.08 bits per heavy atom. The van der Waals surface area contributed by atoms with Gasteiger partial charge in [-0.05, 0) is 43.3 Å². The van der Waals surface area contributed by atoms with Crippen molar-refractivity contribution in [2.75, 3.05) is 11.9 Å². The van der Waals surface area contributed by atoms with Crippen LogP contribution in [-0.4, -0.2) is 24.3 Å². The zero-order valence-corrected chi connectivity index (χ0v) is 13.7. The van der Waals surface area contributed by atoms with Crippen LogP contribution < -0.4 is 5.32 Å². The van der Waals surface area contributed by atoms with Crippen LogP contribution in [0, 0.1) is 11.6 Å². The fraction of sp³-hybridized carbons (Fsp3) is 0.118. The van der Waals surface area contributed by atoms with Gasteiger partial charge in [0.05, 0.1) is 10.6 Å². The SMILES string of the molecule is CC(=O)c1ccc(NC(=O)COC(=O)c2cc(F)c(F)cc2Cl)cc1. The highest BCUT2D eigenvalue weighted by atomic mass is 35.5. The quantitative estimate of drug-likeness (QED) is 0.497. The number of amides is 1. The van der Waals surface area contributed by atoms with Gasteiger partial charge in [-0.2, -0.15) is 0 Å². The highest BCUT2D eigenvalue weighted by Crippen LogP contribution is 2.20. The van der Waals surface area contributed by atoms with E-state index in [1.54, 1.807) is 0 Å². The molecule has 0 aliphatic heterocycles. The molecule has 5 nitrogen and oxygen atoms in total. The molecule has 0 unspecified atom stereocenters. The van der Waals surface area contributed by atoms with Crippen LogP contribution in [0.4, 0.5) is 14.5 Å². The van der Waals surface area contributed by atoms with Crippen LogP contribution in [0.5, 0.6) is 0 Å². The van der Waals surface area contributed by atoms with Gasteiger partial charge >= 0.3 is 5.97 Å². The van der Waals surface area contributed by atoms with Gasteiger partial charge in [-0.25, -0.2) is 13.6 Å². The molecule has 0 aromatic heterocycles. The van der Waals surface area contributed by atoms with E-state index in [-0.39, 0.29) is 16.4 Å². The number of halogens is 3. The molecule has 130 valence electrons. The fourth-order valence-electron chi connectivity index (χ4n) is 1.87. The lowest BCUT2D eigenvalue weighted by Gasteiger charge is -2.08. The number of hydrogen-bond acceptors (Lipinski definition) is 4. The molecule has 1 N–H and O–H groups in total. The minimum atomic E-state index is -1.26. The molecule has 0 radical (unpaired) electrons. The van der Waals surface area contributed by atoms with Crippen LogP contribution in [-0.2, 0) is 9.53 Å². The minimum Gasteiger partial charge on any atom is -0.452 e. The Bertz CT molecular complexity index is 837. The number of carbonyl (C=O) groups is 3. The average Bonchev–Trinajstić information content (AvgIpc) is 2.56. The van der Waals surface area contributed by atoms with E-state index in [0.29, 0.717) is 23.4 Å². The number of ketones is 1. The van der Waals surface area contributed by atoms with Gasteiger partial charge in [-0.15, -0.1) is 0 Å². The summed E-state index contributed by atoms with van der Waals surface area (Å²) in [5.41, 5.74) is 0.494. The molecular weight excluding hydrogens is 356 g/mol. The van der Waals surface area contributed by atoms with Crippen molar-refractivity contribution in [3.63, 3.8) is 0 Å². The maximum absolute atomic E-state index is 13.2. The molecule has 0 spiro atoms. The summed E-state index contributed by atoms with van der Waals surface area (Å²) in [5, 5.41) is 2.13. The lowest BCUT2D eigenvalue weighted by molar-refractivity contribution is -0.119. The third-order valence-corrected chi connectivity index (χ3v) is 3.45. The molecule has 0 atom stereocenters. The number of carbonyl (C=O) groups excluding carboxylic acids is 3. The zero-order chi connectivity index (χ0) is 18.6. The van der Waals surface area contributed by atoms with Crippen molar-refractivity contribution in [1.82, 2.24) is 0 Å². The van der Waals surface area contributed by atoms with Gasteiger partial charge in [-0.1, -0.05) is 11.6 Å². The first-order chi connectivity index (χ1) is 11.8. The van der Waals surface area contributed by atoms with Crippen molar-refractivity contribution >= 4 is 34.9 Å². The molecule has 0 saturated carbocycles. The lowest BCUT2D eigenvalue weighted by atomic mass is 10.1. The first kappa shape index (κ1) is 18.5. The van der Waals surface area contributed by atoms with E-state index in [9.17, 15) is 23.2 Å². The molecule has 0 aliphatic rings. The van der Waals surface area contributed by atoms with E-state index in [4.69, 9.17) is 16.3 Å². The summed E-state index contributed by atoms with van der Waals surface area (Å²) in [4.78, 5) is 34.7. The predicted molar refractivity (Wildman–Crippen MR) is 86.7 cm³/mol. The van der Waals surface area contributed by atoms with Gasteiger partial charge in [0.25, 0.3) is 5.91 Å². The van der Waals surface area contributed by atoms with Crippen molar-refractivity contribution in [1.29, 1.82) is 0 Å². The van der Waals surface area contributed by atoms with E-state index >= 15 is 0 Å². The lowest BCUT2D eigenvalue weighted by Crippen LogP contribution is -2.21. The molecule has 2 aromatic rings. The Balaban J connectivity index is 1.94. The first-order valence-electron chi connectivity index (χ1n) is 7.00. The topological polar surface area (TPSA) is 72.5 Å². The Labute approximate surface area is 146 Å². The zero-order valence-electron chi connectivity index (χ0n) is 12.9. The maximum atomic E-state index is 13.2. The molecule has 25 heavy (non-hydrogen) atoms. The molecule has 0 heterocycles. The molecular formula is C17H12ClF2NO4.